The number of hydrogen-bond acceptors (Lipinski definition) is 5. The van der Waals surface area contributed by atoms with Gasteiger partial charge in [-0.3, -0.25) is 4.79 Å². The number of phenolic OH excluding ortho intramolecular Hbond substituents is 1. The minimum atomic E-state index is -0.465. The second-order valence-electron chi connectivity index (χ2n) is 5.38. The maximum absolute atomic E-state index is 12.1. The van der Waals surface area contributed by atoms with E-state index in [0.29, 0.717) is 12.1 Å². The smallest absolute Gasteiger partial charge is 0.292 e. The number of amides is 1. The number of carbonyl (C=O) groups is 1. The van der Waals surface area contributed by atoms with E-state index in [-0.39, 0.29) is 27.5 Å². The van der Waals surface area contributed by atoms with Crippen LogP contribution in [0, 0.1) is 6.92 Å². The molecule has 0 bridgehead atoms. The number of phenols is 1. The number of nitrogens with zero attached hydrogens (tertiary/aromatic N) is 2. The zero-order valence-corrected chi connectivity index (χ0v) is 14.6. The summed E-state index contributed by atoms with van der Waals surface area (Å²) in [6, 6.07) is 10.6. The van der Waals surface area contributed by atoms with Crippen LogP contribution in [0.5, 0.6) is 5.75 Å². The molecule has 3 aromatic rings. The van der Waals surface area contributed by atoms with Crippen molar-refractivity contribution in [3.05, 3.63) is 63.4 Å². The lowest BCUT2D eigenvalue weighted by atomic mass is 10.1. The van der Waals surface area contributed by atoms with Gasteiger partial charge >= 0.3 is 0 Å². The molecule has 0 atom stereocenters. The zero-order chi connectivity index (χ0) is 18.0. The average Bonchev–Trinajstić information content (AvgIpc) is 3.07. The summed E-state index contributed by atoms with van der Waals surface area (Å²) in [7, 11) is 0. The molecule has 0 fully saturated rings. The van der Waals surface area contributed by atoms with Crippen molar-refractivity contribution in [1.29, 1.82) is 0 Å². The molecule has 8 heteroatoms. The van der Waals surface area contributed by atoms with Crippen molar-refractivity contribution >= 4 is 29.1 Å². The fourth-order valence-corrected chi connectivity index (χ4v) is 2.69. The highest BCUT2D eigenvalue weighted by Gasteiger charge is 2.17. The third-order valence-electron chi connectivity index (χ3n) is 3.43. The van der Waals surface area contributed by atoms with Gasteiger partial charge < -0.3 is 14.9 Å². The number of hydrogen-bond donors (Lipinski definition) is 2. The van der Waals surface area contributed by atoms with Gasteiger partial charge in [-0.2, -0.15) is 4.98 Å². The van der Waals surface area contributed by atoms with Crippen molar-refractivity contribution in [2.45, 2.75) is 13.5 Å². The van der Waals surface area contributed by atoms with Gasteiger partial charge in [-0.05, 0) is 24.6 Å². The van der Waals surface area contributed by atoms with E-state index in [1.54, 1.807) is 0 Å². The predicted octanol–water partition coefficient (Wildman–Crippen LogP) is 3.99. The van der Waals surface area contributed by atoms with Gasteiger partial charge in [0.1, 0.15) is 0 Å². The summed E-state index contributed by atoms with van der Waals surface area (Å²) < 4.78 is 5.07. The van der Waals surface area contributed by atoms with E-state index in [4.69, 9.17) is 27.7 Å². The van der Waals surface area contributed by atoms with Crippen LogP contribution in [-0.4, -0.2) is 21.2 Å². The Morgan fingerprint density at radius 2 is 1.96 bits per heavy atom. The summed E-state index contributed by atoms with van der Waals surface area (Å²) in [4.78, 5) is 16.2. The van der Waals surface area contributed by atoms with Crippen molar-refractivity contribution < 1.29 is 14.4 Å². The van der Waals surface area contributed by atoms with Crippen LogP contribution in [0.4, 0.5) is 0 Å². The molecule has 3 rings (SSSR count). The first-order valence-corrected chi connectivity index (χ1v) is 8.05. The lowest BCUT2D eigenvalue weighted by Crippen LogP contribution is -2.23. The van der Waals surface area contributed by atoms with Crippen molar-refractivity contribution in [3.8, 4) is 17.2 Å². The van der Waals surface area contributed by atoms with E-state index >= 15 is 0 Å². The molecule has 0 unspecified atom stereocenters. The quantitative estimate of drug-likeness (QED) is 0.717. The van der Waals surface area contributed by atoms with E-state index in [1.165, 1.54) is 12.1 Å². The fraction of sp³-hybridized carbons (Fsp3) is 0.118. The van der Waals surface area contributed by atoms with Crippen LogP contribution < -0.4 is 5.32 Å². The summed E-state index contributed by atoms with van der Waals surface area (Å²) in [6.45, 7) is 2.33. The zero-order valence-electron chi connectivity index (χ0n) is 13.1. The van der Waals surface area contributed by atoms with E-state index in [1.807, 2.05) is 31.2 Å². The number of halogens is 2. The molecule has 1 amide bonds. The fourth-order valence-electron chi connectivity index (χ4n) is 2.21. The van der Waals surface area contributed by atoms with Gasteiger partial charge in [-0.15, -0.1) is 0 Å². The van der Waals surface area contributed by atoms with Crippen LogP contribution in [-0.2, 0) is 6.54 Å². The summed E-state index contributed by atoms with van der Waals surface area (Å²) in [5.74, 6) is -0.734. The van der Waals surface area contributed by atoms with Crippen LogP contribution in [0.3, 0.4) is 0 Å². The van der Waals surface area contributed by atoms with E-state index in [2.05, 4.69) is 15.5 Å². The molecule has 1 heterocycles. The van der Waals surface area contributed by atoms with Crippen LogP contribution in [0.1, 0.15) is 21.7 Å². The van der Waals surface area contributed by atoms with Crippen molar-refractivity contribution in [3.63, 3.8) is 0 Å². The van der Waals surface area contributed by atoms with Crippen molar-refractivity contribution in [2.24, 2.45) is 0 Å². The largest absolute Gasteiger partial charge is 0.505 e. The molecule has 0 aliphatic heterocycles. The predicted molar refractivity (Wildman–Crippen MR) is 93.8 cm³/mol. The number of nitrogens with one attached hydrogen (secondary N) is 1. The molecule has 2 N–H and O–H groups in total. The highest BCUT2D eigenvalue weighted by Crippen LogP contribution is 2.35. The Morgan fingerprint density at radius 3 is 2.64 bits per heavy atom. The second-order valence-corrected chi connectivity index (χ2v) is 6.20. The molecule has 0 aliphatic carbocycles. The molecular weight excluding hydrogens is 365 g/mol. The first-order chi connectivity index (χ1) is 11.9. The van der Waals surface area contributed by atoms with Gasteiger partial charge in [0.25, 0.3) is 17.6 Å². The molecule has 0 radical (unpaired) electrons. The summed E-state index contributed by atoms with van der Waals surface area (Å²) >= 11 is 11.7. The third-order valence-corrected chi connectivity index (χ3v) is 4.00. The Morgan fingerprint density at radius 1 is 1.24 bits per heavy atom. The Hall–Kier alpha value is -2.57. The summed E-state index contributed by atoms with van der Waals surface area (Å²) in [5.41, 5.74) is 2.47. The lowest BCUT2D eigenvalue weighted by molar-refractivity contribution is 0.0937. The SMILES string of the molecule is Cc1cccc(CNC(=O)c2noc(-c3cc(Cl)c(O)c(Cl)c3)n2)c1. The van der Waals surface area contributed by atoms with Gasteiger partial charge in [0.2, 0.25) is 0 Å². The van der Waals surface area contributed by atoms with Crippen molar-refractivity contribution in [1.82, 2.24) is 15.5 Å². The van der Waals surface area contributed by atoms with Gasteiger partial charge in [0, 0.05) is 12.1 Å². The van der Waals surface area contributed by atoms with E-state index in [9.17, 15) is 9.90 Å². The average molecular weight is 378 g/mol. The molecule has 6 nitrogen and oxygen atoms in total. The molecule has 0 spiro atoms. The van der Waals surface area contributed by atoms with Gasteiger partial charge in [-0.1, -0.05) is 58.2 Å². The normalized spacial score (nSPS) is 10.7. The maximum Gasteiger partial charge on any atom is 0.292 e. The monoisotopic (exact) mass is 377 g/mol. The van der Waals surface area contributed by atoms with Crippen LogP contribution in [0.15, 0.2) is 40.9 Å². The van der Waals surface area contributed by atoms with Crippen molar-refractivity contribution in [2.75, 3.05) is 0 Å². The molecule has 1 aromatic heterocycles. The summed E-state index contributed by atoms with van der Waals surface area (Å²) in [5, 5.41) is 16.0. The molecule has 0 saturated carbocycles. The molecular formula is C17H13Cl2N3O3. The highest BCUT2D eigenvalue weighted by molar-refractivity contribution is 6.37. The molecule has 2 aromatic carbocycles. The Kier molecular flexibility index (Phi) is 4.92. The lowest BCUT2D eigenvalue weighted by Gasteiger charge is -2.03. The van der Waals surface area contributed by atoms with Crippen LogP contribution in [0.25, 0.3) is 11.5 Å². The number of rotatable bonds is 4. The molecule has 0 aliphatic rings. The van der Waals surface area contributed by atoms with E-state index in [0.717, 1.165) is 11.1 Å². The Bertz CT molecular complexity index is 917. The number of carbonyl (C=O) groups excluding carboxylic acids is 1. The number of aromatic nitrogens is 2. The summed E-state index contributed by atoms with van der Waals surface area (Å²) in [6.07, 6.45) is 0. The molecule has 0 saturated heterocycles. The van der Waals surface area contributed by atoms with Gasteiger partial charge in [0.15, 0.2) is 5.75 Å². The standard InChI is InChI=1S/C17H13Cl2N3O3/c1-9-3-2-4-10(5-9)8-20-16(24)15-21-17(25-22-15)11-6-12(18)14(23)13(19)7-11/h2-7,23H,8H2,1H3,(H,20,24). The topological polar surface area (TPSA) is 88.2 Å². The maximum atomic E-state index is 12.1. The first-order valence-electron chi connectivity index (χ1n) is 7.30. The number of aromatic hydroxyl groups is 1. The number of benzene rings is 2. The number of aryl methyl sites for hydroxylation is 1. The third kappa shape index (κ3) is 3.92. The highest BCUT2D eigenvalue weighted by atomic mass is 35.5. The minimum Gasteiger partial charge on any atom is -0.505 e. The van der Waals surface area contributed by atoms with Gasteiger partial charge in [-0.25, -0.2) is 0 Å². The van der Waals surface area contributed by atoms with Crippen LogP contribution >= 0.6 is 23.2 Å². The van der Waals surface area contributed by atoms with Gasteiger partial charge in [0.05, 0.1) is 10.0 Å². The van der Waals surface area contributed by atoms with Crippen LogP contribution in [0.2, 0.25) is 10.0 Å². The second kappa shape index (κ2) is 7.13. The first kappa shape index (κ1) is 17.3. The Balaban J connectivity index is 1.73. The Labute approximate surface area is 153 Å². The molecule has 128 valence electrons. The van der Waals surface area contributed by atoms with E-state index < -0.39 is 5.91 Å². The molecule has 25 heavy (non-hydrogen) atoms. The minimum absolute atomic E-state index is 0.0474.